The van der Waals surface area contributed by atoms with Crippen LogP contribution in [0.1, 0.15) is 5.69 Å². The van der Waals surface area contributed by atoms with Crippen molar-refractivity contribution in [3.05, 3.63) is 41.6 Å². The molecule has 5 heteroatoms. The van der Waals surface area contributed by atoms with Gasteiger partial charge < -0.3 is 4.52 Å². The third-order valence-corrected chi connectivity index (χ3v) is 2.25. The van der Waals surface area contributed by atoms with E-state index >= 15 is 0 Å². The van der Waals surface area contributed by atoms with E-state index in [-0.39, 0.29) is 0 Å². The summed E-state index contributed by atoms with van der Waals surface area (Å²) in [5, 5.41) is 3.70. The largest absolute Gasteiger partial charge is 0.356 e. The van der Waals surface area contributed by atoms with Crippen molar-refractivity contribution in [2.45, 2.75) is 5.75 Å². The van der Waals surface area contributed by atoms with E-state index in [4.69, 9.17) is 4.52 Å². The SMILES string of the molecule is Fc1ccc(-c2cc(CS)no2)cc1F. The van der Waals surface area contributed by atoms with E-state index in [0.29, 0.717) is 22.8 Å². The first-order chi connectivity index (χ1) is 7.20. The fourth-order valence-corrected chi connectivity index (χ4v) is 1.32. The summed E-state index contributed by atoms with van der Waals surface area (Å²) in [4.78, 5) is 0. The van der Waals surface area contributed by atoms with Crippen LogP contribution in [0.4, 0.5) is 8.78 Å². The molecule has 1 aromatic heterocycles. The van der Waals surface area contributed by atoms with Crippen LogP contribution in [0, 0.1) is 11.6 Å². The summed E-state index contributed by atoms with van der Waals surface area (Å²) in [6, 6.07) is 5.19. The minimum atomic E-state index is -0.906. The van der Waals surface area contributed by atoms with Crippen LogP contribution in [0.5, 0.6) is 0 Å². The summed E-state index contributed by atoms with van der Waals surface area (Å²) >= 11 is 4.02. The van der Waals surface area contributed by atoms with Gasteiger partial charge in [-0.05, 0) is 18.2 Å². The molecule has 0 unspecified atom stereocenters. The Balaban J connectivity index is 2.40. The zero-order chi connectivity index (χ0) is 10.8. The van der Waals surface area contributed by atoms with E-state index in [1.54, 1.807) is 6.07 Å². The van der Waals surface area contributed by atoms with Crippen molar-refractivity contribution in [2.75, 3.05) is 0 Å². The maximum Gasteiger partial charge on any atom is 0.167 e. The number of aromatic nitrogens is 1. The molecule has 1 aromatic carbocycles. The molecule has 0 radical (unpaired) electrons. The van der Waals surface area contributed by atoms with Crippen LogP contribution in [0.25, 0.3) is 11.3 Å². The number of hydrogen-bond donors (Lipinski definition) is 1. The Kier molecular flexibility index (Phi) is 2.73. The molecule has 0 amide bonds. The first-order valence-electron chi connectivity index (χ1n) is 4.22. The second kappa shape index (κ2) is 4.02. The summed E-state index contributed by atoms with van der Waals surface area (Å²) in [7, 11) is 0. The minimum absolute atomic E-state index is 0.401. The smallest absolute Gasteiger partial charge is 0.167 e. The zero-order valence-electron chi connectivity index (χ0n) is 7.58. The first-order valence-corrected chi connectivity index (χ1v) is 4.86. The third kappa shape index (κ3) is 2.02. The number of benzene rings is 1. The van der Waals surface area contributed by atoms with Gasteiger partial charge in [-0.3, -0.25) is 0 Å². The number of thiol groups is 1. The highest BCUT2D eigenvalue weighted by Gasteiger charge is 2.08. The molecule has 0 fully saturated rings. The molecule has 0 aliphatic carbocycles. The van der Waals surface area contributed by atoms with Crippen molar-refractivity contribution in [3.63, 3.8) is 0 Å². The lowest BCUT2D eigenvalue weighted by atomic mass is 10.1. The molecule has 0 aliphatic rings. The number of hydrogen-bond acceptors (Lipinski definition) is 3. The normalized spacial score (nSPS) is 10.6. The molecule has 78 valence electrons. The van der Waals surface area contributed by atoms with Gasteiger partial charge in [0, 0.05) is 17.4 Å². The van der Waals surface area contributed by atoms with Crippen LogP contribution in [-0.4, -0.2) is 5.16 Å². The van der Waals surface area contributed by atoms with E-state index in [2.05, 4.69) is 17.8 Å². The highest BCUT2D eigenvalue weighted by molar-refractivity contribution is 7.79. The first kappa shape index (κ1) is 10.2. The Labute approximate surface area is 90.3 Å². The predicted octanol–water partition coefficient (Wildman–Crippen LogP) is 3.05. The van der Waals surface area contributed by atoms with Crippen molar-refractivity contribution in [1.29, 1.82) is 0 Å². The fourth-order valence-electron chi connectivity index (χ4n) is 1.17. The molecule has 0 spiro atoms. The molecule has 2 nitrogen and oxygen atoms in total. The molecule has 0 N–H and O–H groups in total. The van der Waals surface area contributed by atoms with Crippen molar-refractivity contribution >= 4 is 12.6 Å². The van der Waals surface area contributed by atoms with Gasteiger partial charge in [-0.1, -0.05) is 5.16 Å². The minimum Gasteiger partial charge on any atom is -0.356 e. The summed E-state index contributed by atoms with van der Waals surface area (Å²) in [6.45, 7) is 0. The monoisotopic (exact) mass is 227 g/mol. The molecule has 0 saturated heterocycles. The highest BCUT2D eigenvalue weighted by Crippen LogP contribution is 2.22. The molecule has 2 rings (SSSR count). The van der Waals surface area contributed by atoms with E-state index in [9.17, 15) is 8.78 Å². The average Bonchev–Trinajstić information content (AvgIpc) is 2.70. The maximum absolute atomic E-state index is 12.9. The molecule has 15 heavy (non-hydrogen) atoms. The summed E-state index contributed by atoms with van der Waals surface area (Å²) in [5.74, 6) is -0.949. The molecule has 0 saturated carbocycles. The van der Waals surface area contributed by atoms with Gasteiger partial charge in [0.25, 0.3) is 0 Å². The number of rotatable bonds is 2. The van der Waals surface area contributed by atoms with Gasteiger partial charge >= 0.3 is 0 Å². The lowest BCUT2D eigenvalue weighted by Crippen LogP contribution is -1.83. The Morgan fingerprint density at radius 2 is 2.00 bits per heavy atom. The molecule has 1 heterocycles. The Bertz CT molecular complexity index is 484. The van der Waals surface area contributed by atoms with Crippen LogP contribution in [0.3, 0.4) is 0 Å². The molecular formula is C10H7F2NOS. The summed E-state index contributed by atoms with van der Waals surface area (Å²) in [5.41, 5.74) is 1.10. The Hall–Kier alpha value is -1.36. The Morgan fingerprint density at radius 3 is 2.60 bits per heavy atom. The van der Waals surface area contributed by atoms with Gasteiger partial charge in [0.1, 0.15) is 0 Å². The summed E-state index contributed by atoms with van der Waals surface area (Å²) in [6.07, 6.45) is 0. The fraction of sp³-hybridized carbons (Fsp3) is 0.100. The Morgan fingerprint density at radius 1 is 1.20 bits per heavy atom. The van der Waals surface area contributed by atoms with Gasteiger partial charge in [0.15, 0.2) is 17.4 Å². The standard InChI is InChI=1S/C10H7F2NOS/c11-8-2-1-6(3-9(8)12)10-4-7(5-15)13-14-10/h1-4,15H,5H2. The topological polar surface area (TPSA) is 26.0 Å². The molecule has 0 bridgehead atoms. The zero-order valence-corrected chi connectivity index (χ0v) is 8.47. The lowest BCUT2D eigenvalue weighted by molar-refractivity contribution is 0.426. The average molecular weight is 227 g/mol. The van der Waals surface area contributed by atoms with E-state index in [1.807, 2.05) is 0 Å². The quantitative estimate of drug-likeness (QED) is 0.798. The van der Waals surface area contributed by atoms with E-state index in [1.165, 1.54) is 6.07 Å². The van der Waals surface area contributed by atoms with Gasteiger partial charge in [-0.25, -0.2) is 8.78 Å². The van der Waals surface area contributed by atoms with Crippen LogP contribution < -0.4 is 0 Å². The molecule has 2 aromatic rings. The van der Waals surface area contributed by atoms with Crippen LogP contribution in [-0.2, 0) is 5.75 Å². The van der Waals surface area contributed by atoms with Gasteiger partial charge in [-0.2, -0.15) is 12.6 Å². The van der Waals surface area contributed by atoms with Gasteiger partial charge in [0.05, 0.1) is 5.69 Å². The van der Waals surface area contributed by atoms with E-state index < -0.39 is 11.6 Å². The number of halogens is 2. The predicted molar refractivity (Wildman–Crippen MR) is 54.5 cm³/mol. The van der Waals surface area contributed by atoms with Crippen LogP contribution in [0.15, 0.2) is 28.8 Å². The van der Waals surface area contributed by atoms with Crippen LogP contribution in [0.2, 0.25) is 0 Å². The number of nitrogens with zero attached hydrogens (tertiary/aromatic N) is 1. The molecule has 0 atom stereocenters. The van der Waals surface area contributed by atoms with E-state index in [0.717, 1.165) is 12.1 Å². The van der Waals surface area contributed by atoms with Crippen LogP contribution >= 0.6 is 12.6 Å². The summed E-state index contributed by atoms with van der Waals surface area (Å²) < 4.78 is 30.5. The van der Waals surface area contributed by atoms with Crippen molar-refractivity contribution in [1.82, 2.24) is 5.16 Å². The highest BCUT2D eigenvalue weighted by atomic mass is 32.1. The van der Waals surface area contributed by atoms with Crippen molar-refractivity contribution < 1.29 is 13.3 Å². The molecule has 0 aliphatic heterocycles. The maximum atomic E-state index is 12.9. The van der Waals surface area contributed by atoms with Gasteiger partial charge in [-0.15, -0.1) is 0 Å². The second-order valence-electron chi connectivity index (χ2n) is 2.97. The lowest BCUT2D eigenvalue weighted by Gasteiger charge is -1.96. The van der Waals surface area contributed by atoms with Gasteiger partial charge in [0.2, 0.25) is 0 Å². The van der Waals surface area contributed by atoms with Crippen molar-refractivity contribution in [3.8, 4) is 11.3 Å². The third-order valence-electron chi connectivity index (χ3n) is 1.93. The molecular weight excluding hydrogens is 220 g/mol. The van der Waals surface area contributed by atoms with Crippen molar-refractivity contribution in [2.24, 2.45) is 0 Å². The second-order valence-corrected chi connectivity index (χ2v) is 3.29.